The summed E-state index contributed by atoms with van der Waals surface area (Å²) in [5.74, 6) is 1.85. The molecule has 2 aromatic carbocycles. The zero-order valence-corrected chi connectivity index (χ0v) is 13.0. The highest BCUT2D eigenvalue weighted by atomic mass is 16.5. The maximum Gasteiger partial charge on any atom is 0.123 e. The Kier molecular flexibility index (Phi) is 5.64. The van der Waals surface area contributed by atoms with Crippen molar-refractivity contribution in [2.45, 2.75) is 20.4 Å². The van der Waals surface area contributed by atoms with Crippen LogP contribution in [0.15, 0.2) is 42.5 Å². The molecule has 0 amide bonds. The number of para-hydroxylation sites is 1. The molecule has 0 spiro atoms. The first-order valence-electron chi connectivity index (χ1n) is 7.26. The van der Waals surface area contributed by atoms with Crippen molar-refractivity contribution in [1.82, 2.24) is 5.32 Å². The number of ether oxygens (including phenoxy) is 2. The standard InChI is InChI=1S/C18H23NO2/c1-14-8-9-15(2)18(12-14)21-11-10-20-17-7-5-4-6-16(17)13-19-3/h4-9,12,19H,10-11,13H2,1-3H3. The van der Waals surface area contributed by atoms with Gasteiger partial charge in [0.25, 0.3) is 0 Å². The van der Waals surface area contributed by atoms with Crippen molar-refractivity contribution in [2.75, 3.05) is 20.3 Å². The average Bonchev–Trinajstić information content (AvgIpc) is 2.49. The summed E-state index contributed by atoms with van der Waals surface area (Å²) < 4.78 is 11.6. The van der Waals surface area contributed by atoms with Crippen LogP contribution in [0, 0.1) is 13.8 Å². The topological polar surface area (TPSA) is 30.5 Å². The van der Waals surface area contributed by atoms with Crippen LogP contribution in [0.3, 0.4) is 0 Å². The van der Waals surface area contributed by atoms with E-state index >= 15 is 0 Å². The van der Waals surface area contributed by atoms with Crippen molar-refractivity contribution in [2.24, 2.45) is 0 Å². The van der Waals surface area contributed by atoms with Gasteiger partial charge in [0.1, 0.15) is 24.7 Å². The van der Waals surface area contributed by atoms with Gasteiger partial charge in [-0.15, -0.1) is 0 Å². The minimum atomic E-state index is 0.536. The third kappa shape index (κ3) is 4.50. The fourth-order valence-corrected chi connectivity index (χ4v) is 2.15. The zero-order chi connectivity index (χ0) is 15.1. The van der Waals surface area contributed by atoms with Crippen LogP contribution in [-0.4, -0.2) is 20.3 Å². The third-order valence-corrected chi connectivity index (χ3v) is 3.28. The quantitative estimate of drug-likeness (QED) is 0.790. The molecular weight excluding hydrogens is 262 g/mol. The lowest BCUT2D eigenvalue weighted by molar-refractivity contribution is 0.215. The Morgan fingerprint density at radius 3 is 2.38 bits per heavy atom. The van der Waals surface area contributed by atoms with E-state index < -0.39 is 0 Å². The van der Waals surface area contributed by atoms with E-state index in [0.717, 1.165) is 29.2 Å². The molecule has 0 bridgehead atoms. The normalized spacial score (nSPS) is 10.4. The van der Waals surface area contributed by atoms with Gasteiger partial charge in [-0.3, -0.25) is 0 Å². The molecule has 1 N–H and O–H groups in total. The first-order chi connectivity index (χ1) is 10.2. The van der Waals surface area contributed by atoms with Gasteiger partial charge in [0.2, 0.25) is 0 Å². The van der Waals surface area contributed by atoms with E-state index in [2.05, 4.69) is 43.4 Å². The highest BCUT2D eigenvalue weighted by molar-refractivity contribution is 5.36. The maximum atomic E-state index is 5.82. The maximum absolute atomic E-state index is 5.82. The smallest absolute Gasteiger partial charge is 0.123 e. The molecule has 2 rings (SSSR count). The second-order valence-electron chi connectivity index (χ2n) is 5.10. The van der Waals surface area contributed by atoms with Crippen LogP contribution < -0.4 is 14.8 Å². The molecule has 21 heavy (non-hydrogen) atoms. The summed E-state index contributed by atoms with van der Waals surface area (Å²) >= 11 is 0. The van der Waals surface area contributed by atoms with Gasteiger partial charge < -0.3 is 14.8 Å². The summed E-state index contributed by atoms with van der Waals surface area (Å²) in [5, 5.41) is 3.14. The first-order valence-corrected chi connectivity index (χ1v) is 7.26. The van der Waals surface area contributed by atoms with Crippen LogP contribution in [0.1, 0.15) is 16.7 Å². The van der Waals surface area contributed by atoms with E-state index in [1.54, 1.807) is 0 Å². The van der Waals surface area contributed by atoms with E-state index in [4.69, 9.17) is 9.47 Å². The Hall–Kier alpha value is -2.00. The van der Waals surface area contributed by atoms with Gasteiger partial charge in [-0.25, -0.2) is 0 Å². The van der Waals surface area contributed by atoms with Crippen molar-refractivity contribution < 1.29 is 9.47 Å². The van der Waals surface area contributed by atoms with E-state index in [-0.39, 0.29) is 0 Å². The lowest BCUT2D eigenvalue weighted by atomic mass is 10.1. The summed E-state index contributed by atoms with van der Waals surface area (Å²) in [5.41, 5.74) is 3.51. The van der Waals surface area contributed by atoms with Crippen LogP contribution >= 0.6 is 0 Å². The molecule has 0 unspecified atom stereocenters. The molecule has 0 aromatic heterocycles. The van der Waals surface area contributed by atoms with Crippen molar-refractivity contribution in [3.8, 4) is 11.5 Å². The van der Waals surface area contributed by atoms with Gasteiger partial charge in [0.05, 0.1) is 0 Å². The zero-order valence-electron chi connectivity index (χ0n) is 13.0. The van der Waals surface area contributed by atoms with Gasteiger partial charge in [-0.1, -0.05) is 30.3 Å². The second kappa shape index (κ2) is 7.70. The Bertz CT molecular complexity index is 581. The van der Waals surface area contributed by atoms with Gasteiger partial charge in [0, 0.05) is 12.1 Å². The Balaban J connectivity index is 1.86. The van der Waals surface area contributed by atoms with Crippen LogP contribution in [0.4, 0.5) is 0 Å². The molecule has 0 aliphatic carbocycles. The highest BCUT2D eigenvalue weighted by Gasteiger charge is 2.03. The first kappa shape index (κ1) is 15.4. The number of rotatable bonds is 7. The van der Waals surface area contributed by atoms with Crippen molar-refractivity contribution in [1.29, 1.82) is 0 Å². The van der Waals surface area contributed by atoms with Crippen LogP contribution in [0.2, 0.25) is 0 Å². The summed E-state index contributed by atoms with van der Waals surface area (Å²) in [4.78, 5) is 0. The molecule has 3 heteroatoms. The molecule has 3 nitrogen and oxygen atoms in total. The lowest BCUT2D eigenvalue weighted by Gasteiger charge is -2.13. The van der Waals surface area contributed by atoms with Gasteiger partial charge >= 0.3 is 0 Å². The van der Waals surface area contributed by atoms with E-state index in [0.29, 0.717) is 13.2 Å². The molecule has 112 valence electrons. The molecule has 0 aliphatic rings. The molecule has 0 saturated heterocycles. The fraction of sp³-hybridized carbons (Fsp3) is 0.333. The summed E-state index contributed by atoms with van der Waals surface area (Å²) in [6.45, 7) is 5.99. The van der Waals surface area contributed by atoms with E-state index in [1.807, 2.05) is 25.2 Å². The summed E-state index contributed by atoms with van der Waals surface area (Å²) in [6, 6.07) is 14.3. The molecule has 0 saturated carbocycles. The van der Waals surface area contributed by atoms with Gasteiger partial charge in [-0.2, -0.15) is 0 Å². The average molecular weight is 285 g/mol. The number of benzene rings is 2. The predicted octanol–water partition coefficient (Wildman–Crippen LogP) is 3.48. The lowest BCUT2D eigenvalue weighted by Crippen LogP contribution is -2.12. The minimum Gasteiger partial charge on any atom is -0.490 e. The SMILES string of the molecule is CNCc1ccccc1OCCOc1cc(C)ccc1C. The number of hydrogen-bond donors (Lipinski definition) is 1. The highest BCUT2D eigenvalue weighted by Crippen LogP contribution is 2.20. The van der Waals surface area contributed by atoms with Crippen molar-refractivity contribution in [3.05, 3.63) is 59.2 Å². The molecule has 0 atom stereocenters. The molecular formula is C18H23NO2. The van der Waals surface area contributed by atoms with E-state index in [9.17, 15) is 0 Å². The third-order valence-electron chi connectivity index (χ3n) is 3.28. The van der Waals surface area contributed by atoms with Gasteiger partial charge in [0.15, 0.2) is 0 Å². The largest absolute Gasteiger partial charge is 0.490 e. The van der Waals surface area contributed by atoms with Crippen LogP contribution in [0.25, 0.3) is 0 Å². The fourth-order valence-electron chi connectivity index (χ4n) is 2.15. The Morgan fingerprint density at radius 2 is 1.62 bits per heavy atom. The second-order valence-corrected chi connectivity index (χ2v) is 5.10. The Morgan fingerprint density at radius 1 is 0.905 bits per heavy atom. The van der Waals surface area contributed by atoms with Gasteiger partial charge in [-0.05, 0) is 44.2 Å². The predicted molar refractivity (Wildman–Crippen MR) is 86.1 cm³/mol. The van der Waals surface area contributed by atoms with Crippen molar-refractivity contribution >= 4 is 0 Å². The van der Waals surface area contributed by atoms with Crippen molar-refractivity contribution in [3.63, 3.8) is 0 Å². The molecule has 0 fully saturated rings. The summed E-state index contributed by atoms with van der Waals surface area (Å²) in [7, 11) is 1.93. The van der Waals surface area contributed by atoms with Crippen LogP contribution in [0.5, 0.6) is 11.5 Å². The number of aryl methyl sites for hydroxylation is 2. The molecule has 0 heterocycles. The molecule has 0 aliphatic heterocycles. The summed E-state index contributed by atoms with van der Waals surface area (Å²) in [6.07, 6.45) is 0. The van der Waals surface area contributed by atoms with Crippen LogP contribution in [-0.2, 0) is 6.54 Å². The molecule has 2 aromatic rings. The van der Waals surface area contributed by atoms with E-state index in [1.165, 1.54) is 5.56 Å². The minimum absolute atomic E-state index is 0.536. The Labute approximate surface area is 126 Å². The number of nitrogens with one attached hydrogen (secondary N) is 1. The number of hydrogen-bond acceptors (Lipinski definition) is 3. The molecule has 0 radical (unpaired) electrons. The monoisotopic (exact) mass is 285 g/mol.